The fraction of sp³-hybridized carbons (Fsp3) is 0.462. The van der Waals surface area contributed by atoms with Crippen molar-refractivity contribution in [2.45, 2.75) is 18.9 Å². The smallest absolute Gasteiger partial charge is 0.252 e. The maximum Gasteiger partial charge on any atom is 0.252 e. The van der Waals surface area contributed by atoms with Crippen molar-refractivity contribution in [2.75, 3.05) is 20.3 Å². The first-order valence-corrected chi connectivity index (χ1v) is 6.73. The van der Waals surface area contributed by atoms with E-state index in [1.54, 1.807) is 13.2 Å². The number of halogens is 1. The molecule has 1 aromatic carbocycles. The number of hydrogen-bond donors (Lipinski definition) is 1. The van der Waals surface area contributed by atoms with Gasteiger partial charge in [-0.2, -0.15) is 0 Å². The minimum atomic E-state index is -0.0762. The molecule has 1 saturated heterocycles. The molecule has 98 valence electrons. The number of carbonyl (C=O) groups excluding carboxylic acids is 1. The number of benzene rings is 1. The number of nitrogens with one attached hydrogen (secondary N) is 1. The number of ether oxygens (including phenoxy) is 2. The Bertz CT molecular complexity index is 430. The van der Waals surface area contributed by atoms with Crippen LogP contribution in [0.15, 0.2) is 22.7 Å². The van der Waals surface area contributed by atoms with Crippen LogP contribution in [-0.4, -0.2) is 32.3 Å². The zero-order chi connectivity index (χ0) is 13.0. The first kappa shape index (κ1) is 13.4. The van der Waals surface area contributed by atoms with Gasteiger partial charge in [0.1, 0.15) is 5.75 Å². The summed E-state index contributed by atoms with van der Waals surface area (Å²) < 4.78 is 11.1. The van der Waals surface area contributed by atoms with Crippen LogP contribution in [0.2, 0.25) is 0 Å². The molecule has 1 aromatic rings. The summed E-state index contributed by atoms with van der Waals surface area (Å²) in [4.78, 5) is 12.2. The summed E-state index contributed by atoms with van der Waals surface area (Å²) in [6.07, 6.45) is 1.74. The van der Waals surface area contributed by atoms with Gasteiger partial charge in [-0.25, -0.2) is 0 Å². The van der Waals surface area contributed by atoms with Crippen molar-refractivity contribution in [3.05, 3.63) is 28.2 Å². The molecule has 5 heteroatoms. The molecule has 18 heavy (non-hydrogen) atoms. The molecule has 0 aliphatic carbocycles. The average Bonchev–Trinajstić information content (AvgIpc) is 2.40. The van der Waals surface area contributed by atoms with Gasteiger partial charge in [0.05, 0.1) is 17.1 Å². The lowest BCUT2D eigenvalue weighted by Crippen LogP contribution is -2.39. The minimum absolute atomic E-state index is 0.0762. The molecule has 0 aromatic heterocycles. The molecule has 2 rings (SSSR count). The third kappa shape index (κ3) is 3.03. The second-order valence-electron chi connectivity index (χ2n) is 4.18. The van der Waals surface area contributed by atoms with E-state index >= 15 is 0 Å². The van der Waals surface area contributed by atoms with Gasteiger partial charge in [0.2, 0.25) is 0 Å². The molecule has 1 N–H and O–H groups in total. The highest BCUT2D eigenvalue weighted by Crippen LogP contribution is 2.28. The first-order valence-electron chi connectivity index (χ1n) is 5.93. The van der Waals surface area contributed by atoms with Gasteiger partial charge in [-0.05, 0) is 40.9 Å². The molecule has 1 aliphatic heterocycles. The molecule has 1 fully saturated rings. The monoisotopic (exact) mass is 313 g/mol. The van der Waals surface area contributed by atoms with Gasteiger partial charge in [0, 0.05) is 19.3 Å². The third-order valence-corrected chi connectivity index (χ3v) is 3.80. The van der Waals surface area contributed by atoms with Gasteiger partial charge in [0.15, 0.2) is 0 Å². The van der Waals surface area contributed by atoms with E-state index in [4.69, 9.17) is 9.47 Å². The Kier molecular flexibility index (Phi) is 4.60. The van der Waals surface area contributed by atoms with Crippen LogP contribution >= 0.6 is 15.9 Å². The summed E-state index contributed by atoms with van der Waals surface area (Å²) in [6.45, 7) is 1.43. The van der Waals surface area contributed by atoms with E-state index in [0.717, 1.165) is 12.8 Å². The second-order valence-corrected chi connectivity index (χ2v) is 4.97. The van der Waals surface area contributed by atoms with Crippen molar-refractivity contribution in [1.29, 1.82) is 0 Å². The van der Waals surface area contributed by atoms with Crippen LogP contribution in [0.25, 0.3) is 0 Å². The molecule has 0 bridgehead atoms. The van der Waals surface area contributed by atoms with Gasteiger partial charge in [-0.3, -0.25) is 4.79 Å². The standard InChI is InChI=1S/C13H16BrNO3/c1-17-11-4-2-3-10(12(11)14)13(16)15-9-5-7-18-8-6-9/h2-4,9H,5-8H2,1H3,(H,15,16). The number of rotatable bonds is 3. The highest BCUT2D eigenvalue weighted by molar-refractivity contribution is 9.10. The van der Waals surface area contributed by atoms with E-state index in [1.165, 1.54) is 0 Å². The first-order chi connectivity index (χ1) is 8.72. The Labute approximate surface area is 115 Å². The number of methoxy groups -OCH3 is 1. The predicted octanol–water partition coefficient (Wildman–Crippen LogP) is 2.37. The van der Waals surface area contributed by atoms with E-state index in [0.29, 0.717) is 29.0 Å². The number of carbonyl (C=O) groups is 1. The Morgan fingerprint density at radius 2 is 2.17 bits per heavy atom. The van der Waals surface area contributed by atoms with Gasteiger partial charge >= 0.3 is 0 Å². The maximum atomic E-state index is 12.2. The fourth-order valence-electron chi connectivity index (χ4n) is 1.95. The molecule has 1 heterocycles. The molecular weight excluding hydrogens is 298 g/mol. The number of amides is 1. The Balaban J connectivity index is 2.08. The van der Waals surface area contributed by atoms with Crippen molar-refractivity contribution >= 4 is 21.8 Å². The lowest BCUT2D eigenvalue weighted by Gasteiger charge is -2.23. The number of hydrogen-bond acceptors (Lipinski definition) is 3. The topological polar surface area (TPSA) is 47.6 Å². The van der Waals surface area contributed by atoms with Crippen LogP contribution < -0.4 is 10.1 Å². The van der Waals surface area contributed by atoms with E-state index in [1.807, 2.05) is 12.1 Å². The van der Waals surface area contributed by atoms with Crippen molar-refractivity contribution in [3.63, 3.8) is 0 Å². The summed E-state index contributed by atoms with van der Waals surface area (Å²) in [5.74, 6) is 0.585. The van der Waals surface area contributed by atoms with Crippen molar-refractivity contribution in [1.82, 2.24) is 5.32 Å². The summed E-state index contributed by atoms with van der Waals surface area (Å²) >= 11 is 3.40. The van der Waals surface area contributed by atoms with Gasteiger partial charge in [-0.15, -0.1) is 0 Å². The van der Waals surface area contributed by atoms with Crippen LogP contribution in [0.5, 0.6) is 5.75 Å². The Morgan fingerprint density at radius 3 is 2.83 bits per heavy atom. The Hall–Kier alpha value is -1.07. The van der Waals surface area contributed by atoms with Crippen molar-refractivity contribution in [2.24, 2.45) is 0 Å². The molecule has 4 nitrogen and oxygen atoms in total. The van der Waals surface area contributed by atoms with Crippen LogP contribution in [-0.2, 0) is 4.74 Å². The summed E-state index contributed by atoms with van der Waals surface area (Å²) in [6, 6.07) is 5.60. The van der Waals surface area contributed by atoms with Crippen molar-refractivity contribution < 1.29 is 14.3 Å². The zero-order valence-corrected chi connectivity index (χ0v) is 11.8. The second kappa shape index (κ2) is 6.20. The Morgan fingerprint density at radius 1 is 1.44 bits per heavy atom. The highest BCUT2D eigenvalue weighted by atomic mass is 79.9. The maximum absolute atomic E-state index is 12.2. The molecular formula is C13H16BrNO3. The largest absolute Gasteiger partial charge is 0.496 e. The van der Waals surface area contributed by atoms with Crippen LogP contribution in [0.4, 0.5) is 0 Å². The molecule has 0 atom stereocenters. The lowest BCUT2D eigenvalue weighted by atomic mass is 10.1. The van der Waals surface area contributed by atoms with Crippen LogP contribution in [0.3, 0.4) is 0 Å². The minimum Gasteiger partial charge on any atom is -0.496 e. The quantitative estimate of drug-likeness (QED) is 0.932. The van der Waals surface area contributed by atoms with E-state index < -0.39 is 0 Å². The summed E-state index contributed by atoms with van der Waals surface area (Å²) in [5, 5.41) is 3.02. The van der Waals surface area contributed by atoms with Gasteiger partial charge in [0.25, 0.3) is 5.91 Å². The normalized spacial score (nSPS) is 16.3. The zero-order valence-electron chi connectivity index (χ0n) is 10.2. The molecule has 0 saturated carbocycles. The predicted molar refractivity (Wildman–Crippen MR) is 72.0 cm³/mol. The summed E-state index contributed by atoms with van der Waals surface area (Å²) in [7, 11) is 1.58. The molecule has 0 unspecified atom stereocenters. The molecule has 0 spiro atoms. The van der Waals surface area contributed by atoms with Crippen LogP contribution in [0.1, 0.15) is 23.2 Å². The molecule has 1 aliphatic rings. The fourth-order valence-corrected chi connectivity index (χ4v) is 2.56. The third-order valence-electron chi connectivity index (χ3n) is 2.98. The lowest BCUT2D eigenvalue weighted by molar-refractivity contribution is 0.0696. The summed E-state index contributed by atoms with van der Waals surface area (Å²) in [5.41, 5.74) is 0.598. The highest BCUT2D eigenvalue weighted by Gasteiger charge is 2.19. The van der Waals surface area contributed by atoms with E-state index in [-0.39, 0.29) is 11.9 Å². The van der Waals surface area contributed by atoms with Crippen molar-refractivity contribution in [3.8, 4) is 5.75 Å². The average molecular weight is 314 g/mol. The molecule has 1 amide bonds. The van der Waals surface area contributed by atoms with Crippen LogP contribution in [0, 0.1) is 0 Å². The van der Waals surface area contributed by atoms with Gasteiger partial charge in [-0.1, -0.05) is 6.07 Å². The molecule has 0 radical (unpaired) electrons. The van der Waals surface area contributed by atoms with E-state index in [9.17, 15) is 4.79 Å². The van der Waals surface area contributed by atoms with E-state index in [2.05, 4.69) is 21.2 Å². The SMILES string of the molecule is COc1cccc(C(=O)NC2CCOCC2)c1Br. The van der Waals surface area contributed by atoms with Gasteiger partial charge < -0.3 is 14.8 Å².